The number of likely N-dealkylation sites (N-methyl/N-ethyl adjacent to an activating group) is 1. The molecular weight excluding hydrogens is 318 g/mol. The fourth-order valence-electron chi connectivity index (χ4n) is 2.94. The van der Waals surface area contributed by atoms with Gasteiger partial charge in [0.1, 0.15) is 5.75 Å². The van der Waals surface area contributed by atoms with Gasteiger partial charge >= 0.3 is 0 Å². The number of hydrogen-bond acceptors (Lipinski definition) is 4. The summed E-state index contributed by atoms with van der Waals surface area (Å²) in [5.41, 5.74) is 0.793. The number of amides is 2. The molecule has 1 aliphatic carbocycles. The highest BCUT2D eigenvalue weighted by atomic mass is 16.5. The van der Waals surface area contributed by atoms with Crippen molar-refractivity contribution in [2.24, 2.45) is 5.92 Å². The molecule has 1 fully saturated rings. The Morgan fingerprint density at radius 2 is 2.00 bits per heavy atom. The molecule has 1 aromatic carbocycles. The smallest absolute Gasteiger partial charge is 0.259 e. The lowest BCUT2D eigenvalue weighted by atomic mass is 9.86. The lowest BCUT2D eigenvalue weighted by molar-refractivity contribution is -0.130. The van der Waals surface area contributed by atoms with Gasteiger partial charge in [-0.05, 0) is 30.9 Å². The van der Waals surface area contributed by atoms with Crippen LogP contribution in [0.3, 0.4) is 0 Å². The summed E-state index contributed by atoms with van der Waals surface area (Å²) in [6.45, 7) is 2.42. The van der Waals surface area contributed by atoms with Crippen molar-refractivity contribution in [1.82, 2.24) is 10.2 Å². The van der Waals surface area contributed by atoms with Crippen LogP contribution in [-0.2, 0) is 9.59 Å². The first kappa shape index (κ1) is 19.1. The molecule has 0 saturated heterocycles. The fraction of sp³-hybridized carbons (Fsp3) is 0.579. The molecule has 2 unspecified atom stereocenters. The highest BCUT2D eigenvalue weighted by molar-refractivity contribution is 5.81. The average Bonchev–Trinajstić information content (AvgIpc) is 2.60. The number of benzene rings is 1. The first-order valence-corrected chi connectivity index (χ1v) is 8.92. The van der Waals surface area contributed by atoms with Crippen molar-refractivity contribution in [2.45, 2.75) is 38.6 Å². The van der Waals surface area contributed by atoms with Gasteiger partial charge in [0.25, 0.3) is 5.91 Å². The van der Waals surface area contributed by atoms with E-state index in [0.717, 1.165) is 12.1 Å². The van der Waals surface area contributed by atoms with Gasteiger partial charge < -0.3 is 20.3 Å². The Balaban J connectivity index is 1.79. The second-order valence-corrected chi connectivity index (χ2v) is 6.89. The van der Waals surface area contributed by atoms with E-state index in [1.165, 1.54) is 24.2 Å². The second kappa shape index (κ2) is 9.30. The number of carbonyl (C=O) groups is 2. The van der Waals surface area contributed by atoms with Crippen molar-refractivity contribution in [3.63, 3.8) is 0 Å². The van der Waals surface area contributed by atoms with Gasteiger partial charge in [-0.25, -0.2) is 0 Å². The van der Waals surface area contributed by atoms with E-state index in [0.29, 0.717) is 11.7 Å². The van der Waals surface area contributed by atoms with Crippen molar-refractivity contribution in [2.75, 3.05) is 32.6 Å². The number of nitrogens with one attached hydrogen (secondary N) is 2. The van der Waals surface area contributed by atoms with E-state index >= 15 is 0 Å². The zero-order chi connectivity index (χ0) is 18.2. The first-order valence-electron chi connectivity index (χ1n) is 8.92. The van der Waals surface area contributed by atoms with E-state index in [1.54, 1.807) is 26.2 Å². The van der Waals surface area contributed by atoms with Crippen molar-refractivity contribution >= 4 is 17.5 Å². The summed E-state index contributed by atoms with van der Waals surface area (Å²) >= 11 is 0. The molecule has 1 saturated carbocycles. The van der Waals surface area contributed by atoms with E-state index in [1.807, 2.05) is 12.1 Å². The van der Waals surface area contributed by atoms with E-state index in [4.69, 9.17) is 4.74 Å². The van der Waals surface area contributed by atoms with Crippen LogP contribution in [0.2, 0.25) is 0 Å². The van der Waals surface area contributed by atoms with Crippen molar-refractivity contribution in [1.29, 1.82) is 0 Å². The van der Waals surface area contributed by atoms with Gasteiger partial charge in [0.05, 0.1) is 6.54 Å². The summed E-state index contributed by atoms with van der Waals surface area (Å²) < 4.78 is 5.48. The van der Waals surface area contributed by atoms with Crippen LogP contribution in [0, 0.1) is 5.92 Å². The third kappa shape index (κ3) is 6.29. The van der Waals surface area contributed by atoms with Gasteiger partial charge in [-0.2, -0.15) is 0 Å². The molecule has 25 heavy (non-hydrogen) atoms. The van der Waals surface area contributed by atoms with Crippen LogP contribution in [0.1, 0.15) is 32.6 Å². The molecule has 0 heterocycles. The van der Waals surface area contributed by atoms with Crippen LogP contribution >= 0.6 is 0 Å². The number of nitrogens with zero attached hydrogens (tertiary/aromatic N) is 1. The Morgan fingerprint density at radius 3 is 2.72 bits per heavy atom. The van der Waals surface area contributed by atoms with Gasteiger partial charge in [0.2, 0.25) is 5.91 Å². The summed E-state index contributed by atoms with van der Waals surface area (Å²) in [5.74, 6) is 1.05. The fourth-order valence-corrected chi connectivity index (χ4v) is 2.94. The standard InChI is InChI=1S/C19H29N3O3/c1-14-7-4-5-10-17(14)21-18(23)12-20-15-8-6-9-16(11-15)25-13-19(24)22(2)3/h6,8-9,11,14,17,20H,4-5,7,10,12-13H2,1-3H3,(H,21,23). The molecule has 6 nitrogen and oxygen atoms in total. The summed E-state index contributed by atoms with van der Waals surface area (Å²) in [5, 5.41) is 6.24. The minimum Gasteiger partial charge on any atom is -0.484 e. The molecule has 138 valence electrons. The predicted molar refractivity (Wildman–Crippen MR) is 98.7 cm³/mol. The van der Waals surface area contributed by atoms with E-state index in [-0.39, 0.29) is 31.0 Å². The highest BCUT2D eigenvalue weighted by Gasteiger charge is 2.22. The molecule has 6 heteroatoms. The van der Waals surface area contributed by atoms with E-state index in [9.17, 15) is 9.59 Å². The molecule has 0 bridgehead atoms. The zero-order valence-electron chi connectivity index (χ0n) is 15.4. The molecule has 0 aromatic heterocycles. The largest absolute Gasteiger partial charge is 0.484 e. The van der Waals surface area contributed by atoms with Gasteiger partial charge in [0, 0.05) is 31.9 Å². The van der Waals surface area contributed by atoms with Gasteiger partial charge in [0.15, 0.2) is 6.61 Å². The number of carbonyl (C=O) groups excluding carboxylic acids is 2. The van der Waals surface area contributed by atoms with Gasteiger partial charge in [-0.1, -0.05) is 25.8 Å². The summed E-state index contributed by atoms with van der Waals surface area (Å²) in [6.07, 6.45) is 4.70. The Labute approximate surface area is 149 Å². The summed E-state index contributed by atoms with van der Waals surface area (Å²) in [6, 6.07) is 7.57. The second-order valence-electron chi connectivity index (χ2n) is 6.89. The molecule has 2 atom stereocenters. The van der Waals surface area contributed by atoms with Gasteiger partial charge in [-0.15, -0.1) is 0 Å². The van der Waals surface area contributed by atoms with Crippen LogP contribution in [0.5, 0.6) is 5.75 Å². The quantitative estimate of drug-likeness (QED) is 0.794. The molecule has 2 amide bonds. The van der Waals surface area contributed by atoms with Crippen LogP contribution in [0.15, 0.2) is 24.3 Å². The predicted octanol–water partition coefficient (Wildman–Crippen LogP) is 2.26. The van der Waals surface area contributed by atoms with Crippen LogP contribution < -0.4 is 15.4 Å². The van der Waals surface area contributed by atoms with Crippen LogP contribution in [-0.4, -0.2) is 50.0 Å². The number of hydrogen-bond donors (Lipinski definition) is 2. The summed E-state index contributed by atoms with van der Waals surface area (Å²) in [7, 11) is 3.38. The molecule has 2 N–H and O–H groups in total. The van der Waals surface area contributed by atoms with Crippen LogP contribution in [0.25, 0.3) is 0 Å². The monoisotopic (exact) mass is 347 g/mol. The van der Waals surface area contributed by atoms with Crippen molar-refractivity contribution < 1.29 is 14.3 Å². The molecule has 1 aromatic rings. The Hall–Kier alpha value is -2.24. The zero-order valence-corrected chi connectivity index (χ0v) is 15.4. The molecular formula is C19H29N3O3. The number of anilines is 1. The Morgan fingerprint density at radius 1 is 1.24 bits per heavy atom. The van der Waals surface area contributed by atoms with Gasteiger partial charge in [-0.3, -0.25) is 9.59 Å². The number of ether oxygens (including phenoxy) is 1. The Kier molecular flexibility index (Phi) is 7.10. The third-order valence-corrected chi connectivity index (χ3v) is 4.61. The van der Waals surface area contributed by atoms with E-state index < -0.39 is 0 Å². The maximum Gasteiger partial charge on any atom is 0.259 e. The summed E-state index contributed by atoms with van der Waals surface area (Å²) in [4.78, 5) is 25.2. The minimum absolute atomic E-state index is 0.00346. The minimum atomic E-state index is -0.0978. The molecule has 1 aliphatic rings. The highest BCUT2D eigenvalue weighted by Crippen LogP contribution is 2.23. The molecule has 0 radical (unpaired) electrons. The van der Waals surface area contributed by atoms with Crippen molar-refractivity contribution in [3.05, 3.63) is 24.3 Å². The number of rotatable bonds is 7. The van der Waals surface area contributed by atoms with Crippen molar-refractivity contribution in [3.8, 4) is 5.75 Å². The maximum atomic E-state index is 12.2. The first-order chi connectivity index (χ1) is 12.0. The normalized spacial score (nSPS) is 19.8. The average molecular weight is 347 g/mol. The van der Waals surface area contributed by atoms with Crippen LogP contribution in [0.4, 0.5) is 5.69 Å². The maximum absolute atomic E-state index is 12.2. The lowest BCUT2D eigenvalue weighted by Crippen LogP contribution is -2.43. The third-order valence-electron chi connectivity index (χ3n) is 4.61. The molecule has 0 spiro atoms. The topological polar surface area (TPSA) is 70.7 Å². The van der Waals surface area contributed by atoms with E-state index in [2.05, 4.69) is 17.6 Å². The molecule has 2 rings (SSSR count). The Bertz CT molecular complexity index is 589. The lowest BCUT2D eigenvalue weighted by Gasteiger charge is -2.29. The molecule has 0 aliphatic heterocycles. The SMILES string of the molecule is CC1CCCCC1NC(=O)CNc1cccc(OCC(=O)N(C)C)c1.